The van der Waals surface area contributed by atoms with Crippen molar-refractivity contribution >= 4 is 38.4 Å². The normalized spacial score (nSPS) is 18.0. The molecule has 0 saturated carbocycles. The van der Waals surface area contributed by atoms with Gasteiger partial charge in [-0.25, -0.2) is 12.8 Å². The molecule has 2 amide bonds. The van der Waals surface area contributed by atoms with Crippen molar-refractivity contribution in [3.05, 3.63) is 89.9 Å². The predicted molar refractivity (Wildman–Crippen MR) is 173 cm³/mol. The van der Waals surface area contributed by atoms with E-state index in [9.17, 15) is 27.5 Å². The molecule has 2 N–H and O–H groups in total. The van der Waals surface area contributed by atoms with Crippen LogP contribution in [-0.2, 0) is 39.5 Å². The standard InChI is InChI=1S/C34H39FN4O6S/c1-22-18-39(23(2)21-40)34(42)17-24-15-27(36-33(41)16-25-19-37(3)30-8-6-5-7-29(25)30)11-14-31(24)45-32(22)20-38(4)46(43,44)28-12-9-26(35)10-13-28/h5-15,19,22-23,32,40H,16-18,20-21H2,1-4H3,(H,36,41)/t22-,23+,32+/m0/s1. The molecule has 0 fully saturated rings. The molecule has 0 radical (unpaired) electrons. The van der Waals surface area contributed by atoms with Crippen molar-refractivity contribution in [1.82, 2.24) is 13.8 Å². The average molecular weight is 651 g/mol. The number of fused-ring (bicyclic) bond motifs is 2. The van der Waals surface area contributed by atoms with Gasteiger partial charge in [-0.3, -0.25) is 9.59 Å². The Morgan fingerprint density at radius 2 is 1.87 bits per heavy atom. The molecule has 1 aliphatic rings. The average Bonchev–Trinajstić information content (AvgIpc) is 3.35. The number of hydrogen-bond acceptors (Lipinski definition) is 6. The highest BCUT2D eigenvalue weighted by Crippen LogP contribution is 2.30. The summed E-state index contributed by atoms with van der Waals surface area (Å²) in [6, 6.07) is 17.0. The van der Waals surface area contributed by atoms with Gasteiger partial charge in [0.1, 0.15) is 17.7 Å². The van der Waals surface area contributed by atoms with Crippen molar-refractivity contribution in [3.63, 3.8) is 0 Å². The van der Waals surface area contributed by atoms with Gasteiger partial charge in [-0.2, -0.15) is 4.31 Å². The molecule has 0 aliphatic carbocycles. The Morgan fingerprint density at radius 3 is 2.59 bits per heavy atom. The number of aromatic nitrogens is 1. The van der Waals surface area contributed by atoms with Gasteiger partial charge in [0.25, 0.3) is 0 Å². The molecule has 0 saturated heterocycles. The number of halogens is 1. The minimum absolute atomic E-state index is 0.0458. The number of sulfonamides is 1. The molecule has 0 unspecified atom stereocenters. The van der Waals surface area contributed by atoms with Crippen LogP contribution in [0.4, 0.5) is 10.1 Å². The number of benzene rings is 3. The molecule has 1 aromatic heterocycles. The number of nitrogens with one attached hydrogen (secondary N) is 1. The summed E-state index contributed by atoms with van der Waals surface area (Å²) in [6.45, 7) is 3.52. The highest BCUT2D eigenvalue weighted by molar-refractivity contribution is 7.89. The van der Waals surface area contributed by atoms with Crippen LogP contribution in [0.1, 0.15) is 25.0 Å². The number of aliphatic hydroxyl groups excluding tert-OH is 1. The SMILES string of the molecule is C[C@H](CO)N1C[C@H](C)[C@@H](CN(C)S(=O)(=O)c2ccc(F)cc2)Oc2ccc(NC(=O)Cc3cn(C)c4ccccc34)cc2CC1=O. The van der Waals surface area contributed by atoms with Crippen LogP contribution in [0, 0.1) is 11.7 Å². The first-order chi connectivity index (χ1) is 21.9. The molecule has 0 spiro atoms. The number of rotatable bonds is 9. The van der Waals surface area contributed by atoms with Gasteiger partial charge in [0, 0.05) is 54.9 Å². The van der Waals surface area contributed by atoms with Gasteiger partial charge in [-0.1, -0.05) is 25.1 Å². The van der Waals surface area contributed by atoms with E-state index in [1.807, 2.05) is 49.0 Å². The van der Waals surface area contributed by atoms with Gasteiger partial charge < -0.3 is 24.6 Å². The summed E-state index contributed by atoms with van der Waals surface area (Å²) < 4.78 is 49.7. The van der Waals surface area contributed by atoms with Gasteiger partial charge in [-0.15, -0.1) is 0 Å². The Hall–Kier alpha value is -4.26. The van der Waals surface area contributed by atoms with Crippen LogP contribution in [0.3, 0.4) is 0 Å². The Kier molecular flexibility index (Phi) is 9.80. The van der Waals surface area contributed by atoms with Crippen molar-refractivity contribution in [2.45, 2.75) is 43.7 Å². The van der Waals surface area contributed by atoms with Crippen LogP contribution in [0.25, 0.3) is 10.9 Å². The molecule has 244 valence electrons. The minimum Gasteiger partial charge on any atom is -0.488 e. The maximum Gasteiger partial charge on any atom is 0.242 e. The molecular formula is C34H39FN4O6S. The number of anilines is 1. The highest BCUT2D eigenvalue weighted by Gasteiger charge is 2.33. The number of carbonyl (C=O) groups excluding carboxylic acids is 2. The zero-order chi connectivity index (χ0) is 33.2. The maximum absolute atomic E-state index is 13.6. The number of nitrogens with zero attached hydrogens (tertiary/aromatic N) is 3. The van der Waals surface area contributed by atoms with E-state index in [1.54, 1.807) is 30.0 Å². The van der Waals surface area contributed by atoms with Crippen LogP contribution in [-0.4, -0.2) is 78.0 Å². The topological polar surface area (TPSA) is 121 Å². The number of aryl methyl sites for hydroxylation is 1. The van der Waals surface area contributed by atoms with Gasteiger partial charge in [0.2, 0.25) is 21.8 Å². The largest absolute Gasteiger partial charge is 0.488 e. The second-order valence-corrected chi connectivity index (χ2v) is 14.0. The van der Waals surface area contributed by atoms with E-state index in [0.717, 1.165) is 32.9 Å². The molecular weight excluding hydrogens is 611 g/mol. The van der Waals surface area contributed by atoms with E-state index >= 15 is 0 Å². The summed E-state index contributed by atoms with van der Waals surface area (Å²) in [5, 5.41) is 13.9. The van der Waals surface area contributed by atoms with Gasteiger partial charge in [-0.05, 0) is 61.0 Å². The molecule has 4 aromatic rings. The van der Waals surface area contributed by atoms with E-state index in [-0.39, 0.29) is 55.2 Å². The van der Waals surface area contributed by atoms with Crippen molar-refractivity contribution in [2.24, 2.45) is 13.0 Å². The third-order valence-corrected chi connectivity index (χ3v) is 10.3. The number of amides is 2. The first kappa shape index (κ1) is 33.1. The maximum atomic E-state index is 13.6. The summed E-state index contributed by atoms with van der Waals surface area (Å²) >= 11 is 0. The molecule has 3 atom stereocenters. The molecule has 12 heteroatoms. The van der Waals surface area contributed by atoms with Crippen LogP contribution < -0.4 is 10.1 Å². The lowest BCUT2D eigenvalue weighted by atomic mass is 10.0. The first-order valence-electron chi connectivity index (χ1n) is 15.1. The number of carbonyl (C=O) groups is 2. The lowest BCUT2D eigenvalue weighted by molar-refractivity contribution is -0.134. The summed E-state index contributed by atoms with van der Waals surface area (Å²) in [4.78, 5) is 28.2. The zero-order valence-corrected chi connectivity index (χ0v) is 27.1. The van der Waals surface area contributed by atoms with Gasteiger partial charge >= 0.3 is 0 Å². The van der Waals surface area contributed by atoms with E-state index in [2.05, 4.69) is 5.32 Å². The fourth-order valence-electron chi connectivity index (χ4n) is 5.81. The molecule has 5 rings (SSSR count). The second-order valence-electron chi connectivity index (χ2n) is 12.0. The molecule has 3 aromatic carbocycles. The molecule has 1 aliphatic heterocycles. The smallest absolute Gasteiger partial charge is 0.242 e. The number of hydrogen-bond donors (Lipinski definition) is 2. The summed E-state index contributed by atoms with van der Waals surface area (Å²) in [5.74, 6) is -0.942. The third-order valence-electron chi connectivity index (χ3n) is 8.49. The lowest BCUT2D eigenvalue weighted by Gasteiger charge is -2.33. The van der Waals surface area contributed by atoms with Crippen molar-refractivity contribution in [2.75, 3.05) is 32.1 Å². The van der Waals surface area contributed by atoms with Gasteiger partial charge in [0.15, 0.2) is 0 Å². The van der Waals surface area contributed by atoms with E-state index < -0.39 is 28.0 Å². The van der Waals surface area contributed by atoms with Gasteiger partial charge in [0.05, 0.1) is 36.9 Å². The quantitative estimate of drug-likeness (QED) is 0.283. The molecule has 0 bridgehead atoms. The summed E-state index contributed by atoms with van der Waals surface area (Å²) in [6.07, 6.45) is 1.36. The lowest BCUT2D eigenvalue weighted by Crippen LogP contribution is -2.48. The van der Waals surface area contributed by atoms with Crippen molar-refractivity contribution < 1.29 is 32.2 Å². The molecule has 46 heavy (non-hydrogen) atoms. The predicted octanol–water partition coefficient (Wildman–Crippen LogP) is 3.97. The summed E-state index contributed by atoms with van der Waals surface area (Å²) in [7, 11) is -0.612. The molecule has 10 nitrogen and oxygen atoms in total. The van der Waals surface area contributed by atoms with E-state index in [1.165, 1.54) is 19.2 Å². The van der Waals surface area contributed by atoms with E-state index in [4.69, 9.17) is 4.74 Å². The van der Waals surface area contributed by atoms with Crippen LogP contribution in [0.2, 0.25) is 0 Å². The first-order valence-corrected chi connectivity index (χ1v) is 16.6. The fraction of sp³-hybridized carbons (Fsp3) is 0.353. The number of aliphatic hydroxyl groups is 1. The second kappa shape index (κ2) is 13.6. The van der Waals surface area contributed by atoms with Crippen LogP contribution in [0.5, 0.6) is 5.75 Å². The van der Waals surface area contributed by atoms with Crippen molar-refractivity contribution in [1.29, 1.82) is 0 Å². The number of para-hydroxylation sites is 1. The van der Waals surface area contributed by atoms with Crippen LogP contribution >= 0.6 is 0 Å². The number of likely N-dealkylation sites (N-methyl/N-ethyl adjacent to an activating group) is 1. The van der Waals surface area contributed by atoms with Crippen molar-refractivity contribution in [3.8, 4) is 5.75 Å². The Labute approximate surface area is 268 Å². The van der Waals surface area contributed by atoms with E-state index in [0.29, 0.717) is 17.0 Å². The minimum atomic E-state index is -3.97. The monoisotopic (exact) mass is 650 g/mol. The zero-order valence-electron chi connectivity index (χ0n) is 26.3. The number of ether oxygens (including phenoxy) is 1. The molecule has 2 heterocycles. The highest BCUT2D eigenvalue weighted by atomic mass is 32.2. The Morgan fingerprint density at radius 1 is 1.15 bits per heavy atom. The van der Waals surface area contributed by atoms with Crippen LogP contribution in [0.15, 0.2) is 77.8 Å². The Balaban J connectivity index is 1.41. The third kappa shape index (κ3) is 7.09. The summed E-state index contributed by atoms with van der Waals surface area (Å²) in [5.41, 5.74) is 2.93. The fourth-order valence-corrected chi connectivity index (χ4v) is 6.99. The Bertz CT molecular complexity index is 1840.